The summed E-state index contributed by atoms with van der Waals surface area (Å²) < 4.78 is 0. The van der Waals surface area contributed by atoms with Crippen molar-refractivity contribution >= 4 is 17.3 Å². The van der Waals surface area contributed by atoms with Crippen LogP contribution < -0.4 is 0 Å². The second kappa shape index (κ2) is 7.20. The minimum atomic E-state index is -0.436. The van der Waals surface area contributed by atoms with Gasteiger partial charge in [0.05, 0.1) is 0 Å². The highest BCUT2D eigenvalue weighted by atomic mass is 16.7. The van der Waals surface area contributed by atoms with Gasteiger partial charge in [-0.2, -0.15) is 0 Å². The predicted molar refractivity (Wildman–Crippen MR) is 84.8 cm³/mol. The number of oxime groups is 1. The van der Waals surface area contributed by atoms with Gasteiger partial charge in [-0.15, -0.1) is 0 Å². The van der Waals surface area contributed by atoms with Crippen LogP contribution in [-0.2, 0) is 9.63 Å². The highest BCUT2D eigenvalue weighted by Crippen LogP contribution is 2.15. The zero-order chi connectivity index (χ0) is 15.1. The van der Waals surface area contributed by atoms with E-state index < -0.39 is 5.97 Å². The summed E-state index contributed by atoms with van der Waals surface area (Å²) in [5.74, 6) is -0.436. The molecule has 0 fully saturated rings. The Morgan fingerprint density at radius 1 is 0.905 bits per heavy atom. The fourth-order valence-corrected chi connectivity index (χ4v) is 1.87. The third kappa shape index (κ3) is 4.42. The first-order valence-electron chi connectivity index (χ1n) is 6.71. The van der Waals surface area contributed by atoms with Gasteiger partial charge in [-0.05, 0) is 24.1 Å². The van der Waals surface area contributed by atoms with Crippen molar-refractivity contribution in [1.82, 2.24) is 0 Å². The van der Waals surface area contributed by atoms with Gasteiger partial charge < -0.3 is 4.84 Å². The Labute approximate surface area is 124 Å². The van der Waals surface area contributed by atoms with Gasteiger partial charge >= 0.3 is 5.97 Å². The molecule has 0 aliphatic rings. The van der Waals surface area contributed by atoms with Crippen LogP contribution in [0.3, 0.4) is 0 Å². The van der Waals surface area contributed by atoms with E-state index in [0.29, 0.717) is 5.71 Å². The molecular formula is C18H17NO2. The van der Waals surface area contributed by atoms with Crippen molar-refractivity contribution in [3.63, 3.8) is 0 Å². The molecule has 0 aliphatic heterocycles. The normalized spacial score (nSPS) is 12.1. The summed E-state index contributed by atoms with van der Waals surface area (Å²) in [5.41, 5.74) is 3.66. The molecule has 0 aromatic heterocycles. The van der Waals surface area contributed by atoms with Crippen LogP contribution in [0.25, 0.3) is 5.57 Å². The number of hydrogen-bond donors (Lipinski definition) is 0. The summed E-state index contributed by atoms with van der Waals surface area (Å²) >= 11 is 0. The Balaban J connectivity index is 2.37. The van der Waals surface area contributed by atoms with Crippen molar-refractivity contribution in [3.05, 3.63) is 77.9 Å². The van der Waals surface area contributed by atoms with E-state index in [2.05, 4.69) is 5.16 Å². The second-order valence-corrected chi connectivity index (χ2v) is 4.62. The molecule has 0 spiro atoms. The minimum Gasteiger partial charge on any atom is -0.318 e. The first-order valence-corrected chi connectivity index (χ1v) is 6.71. The van der Waals surface area contributed by atoms with Crippen LogP contribution in [0.1, 0.15) is 25.0 Å². The number of rotatable bonds is 4. The molecule has 0 N–H and O–H groups in total. The maximum absolute atomic E-state index is 11.0. The molecular weight excluding hydrogens is 262 g/mol. The average Bonchev–Trinajstić information content (AvgIpc) is 2.52. The Kier molecular flexibility index (Phi) is 5.04. The van der Waals surface area contributed by atoms with Crippen molar-refractivity contribution in [2.45, 2.75) is 13.8 Å². The molecule has 2 rings (SSSR count). The van der Waals surface area contributed by atoms with Crippen LogP contribution >= 0.6 is 0 Å². The molecule has 2 aromatic rings. The molecule has 2 aromatic carbocycles. The molecule has 3 heteroatoms. The lowest BCUT2D eigenvalue weighted by molar-refractivity contribution is -0.140. The lowest BCUT2D eigenvalue weighted by atomic mass is 10.0. The van der Waals surface area contributed by atoms with Gasteiger partial charge in [0.25, 0.3) is 0 Å². The number of nitrogens with zero attached hydrogens (tertiary/aromatic N) is 1. The third-order valence-corrected chi connectivity index (χ3v) is 2.92. The molecule has 0 aliphatic carbocycles. The highest BCUT2D eigenvalue weighted by Gasteiger charge is 2.04. The smallest absolute Gasteiger partial charge is 0.318 e. The van der Waals surface area contributed by atoms with Crippen LogP contribution in [-0.4, -0.2) is 11.7 Å². The standard InChI is InChI=1S/C18H17NO2/c1-14(16-9-5-3-6-10-16)13-18(19-21-15(2)20)17-11-7-4-8-12-17/h3-13H,1-2H3. The molecule has 0 heterocycles. The van der Waals surface area contributed by atoms with Crippen LogP contribution in [0.15, 0.2) is 71.9 Å². The lowest BCUT2D eigenvalue weighted by Gasteiger charge is -2.05. The van der Waals surface area contributed by atoms with Crippen molar-refractivity contribution in [3.8, 4) is 0 Å². The number of hydrogen-bond acceptors (Lipinski definition) is 3. The Morgan fingerprint density at radius 3 is 1.95 bits per heavy atom. The van der Waals surface area contributed by atoms with Gasteiger partial charge in [-0.1, -0.05) is 65.8 Å². The summed E-state index contributed by atoms with van der Waals surface area (Å²) in [4.78, 5) is 15.8. The summed E-state index contributed by atoms with van der Waals surface area (Å²) in [6.07, 6.45) is 1.91. The van der Waals surface area contributed by atoms with Crippen LogP contribution in [0.5, 0.6) is 0 Å². The molecule has 21 heavy (non-hydrogen) atoms. The topological polar surface area (TPSA) is 38.7 Å². The zero-order valence-electron chi connectivity index (χ0n) is 12.1. The van der Waals surface area contributed by atoms with E-state index >= 15 is 0 Å². The molecule has 0 saturated carbocycles. The Morgan fingerprint density at radius 2 is 1.43 bits per heavy atom. The number of carbonyl (C=O) groups is 1. The van der Waals surface area contributed by atoms with Gasteiger partial charge in [0.15, 0.2) is 0 Å². The van der Waals surface area contributed by atoms with Crippen LogP contribution in [0, 0.1) is 0 Å². The van der Waals surface area contributed by atoms with E-state index in [1.54, 1.807) is 0 Å². The Hall–Kier alpha value is -2.68. The van der Waals surface area contributed by atoms with Gasteiger partial charge in [0, 0.05) is 12.5 Å². The van der Waals surface area contributed by atoms with Gasteiger partial charge in [0.1, 0.15) is 5.71 Å². The average molecular weight is 279 g/mol. The molecule has 106 valence electrons. The van der Waals surface area contributed by atoms with E-state index in [-0.39, 0.29) is 0 Å². The quantitative estimate of drug-likeness (QED) is 0.481. The maximum atomic E-state index is 11.0. The molecule has 0 amide bonds. The monoisotopic (exact) mass is 279 g/mol. The highest BCUT2D eigenvalue weighted by molar-refractivity contribution is 6.12. The van der Waals surface area contributed by atoms with E-state index in [9.17, 15) is 4.79 Å². The largest absolute Gasteiger partial charge is 0.332 e. The number of benzene rings is 2. The summed E-state index contributed by atoms with van der Waals surface area (Å²) in [5, 5.41) is 3.95. The van der Waals surface area contributed by atoms with Crippen molar-refractivity contribution in [1.29, 1.82) is 0 Å². The second-order valence-electron chi connectivity index (χ2n) is 4.62. The lowest BCUT2D eigenvalue weighted by Crippen LogP contribution is -2.01. The molecule has 0 unspecified atom stereocenters. The van der Waals surface area contributed by atoms with Gasteiger partial charge in [-0.3, -0.25) is 0 Å². The number of carbonyl (C=O) groups excluding carboxylic acids is 1. The van der Waals surface area contributed by atoms with Crippen LogP contribution in [0.2, 0.25) is 0 Å². The Bertz CT molecular complexity index is 658. The molecule has 0 radical (unpaired) electrons. The first-order chi connectivity index (χ1) is 10.2. The van der Waals surface area contributed by atoms with Gasteiger partial charge in [-0.25, -0.2) is 4.79 Å². The van der Waals surface area contributed by atoms with Crippen LogP contribution in [0.4, 0.5) is 0 Å². The third-order valence-electron chi connectivity index (χ3n) is 2.92. The zero-order valence-corrected chi connectivity index (χ0v) is 12.1. The van der Waals surface area contributed by atoms with Gasteiger partial charge in [0.2, 0.25) is 0 Å². The van der Waals surface area contributed by atoms with E-state index in [0.717, 1.165) is 16.7 Å². The van der Waals surface area contributed by atoms with E-state index in [4.69, 9.17) is 4.84 Å². The fourth-order valence-electron chi connectivity index (χ4n) is 1.87. The minimum absolute atomic E-state index is 0.436. The summed E-state index contributed by atoms with van der Waals surface area (Å²) in [7, 11) is 0. The maximum Gasteiger partial charge on any atom is 0.332 e. The fraction of sp³-hybridized carbons (Fsp3) is 0.111. The molecule has 0 atom stereocenters. The summed E-state index contributed by atoms with van der Waals surface area (Å²) in [6, 6.07) is 19.6. The van der Waals surface area contributed by atoms with Crippen molar-refractivity contribution in [2.75, 3.05) is 0 Å². The molecule has 3 nitrogen and oxygen atoms in total. The van der Waals surface area contributed by atoms with Crippen molar-refractivity contribution in [2.24, 2.45) is 5.16 Å². The van der Waals surface area contributed by atoms with E-state index in [1.165, 1.54) is 6.92 Å². The first kappa shape index (κ1) is 14.7. The predicted octanol–water partition coefficient (Wildman–Crippen LogP) is 4.06. The number of allylic oxidation sites excluding steroid dienone is 2. The SMILES string of the molecule is CC(=O)ON=C(C=C(C)c1ccccc1)c1ccccc1. The van der Waals surface area contributed by atoms with Crippen molar-refractivity contribution < 1.29 is 9.63 Å². The molecule has 0 bridgehead atoms. The summed E-state index contributed by atoms with van der Waals surface area (Å²) in [6.45, 7) is 3.33. The van der Waals surface area contributed by atoms with E-state index in [1.807, 2.05) is 73.7 Å². The molecule has 0 saturated heterocycles.